The zero-order chi connectivity index (χ0) is 18.6. The number of nitrogens with zero attached hydrogens (tertiary/aromatic N) is 2. The molecule has 0 saturated carbocycles. The Hall–Kier alpha value is -2.62. The van der Waals surface area contributed by atoms with E-state index in [1.807, 2.05) is 0 Å². The minimum atomic E-state index is -0.818. The highest BCUT2D eigenvalue weighted by Crippen LogP contribution is 2.28. The second-order valence-electron chi connectivity index (χ2n) is 5.52. The van der Waals surface area contributed by atoms with E-state index in [4.69, 9.17) is 10.5 Å². The molecule has 0 radical (unpaired) electrons. The molecule has 0 spiro atoms. The molecule has 2 N–H and O–H groups in total. The van der Waals surface area contributed by atoms with Gasteiger partial charge >= 0.3 is 6.09 Å². The molecule has 2 rings (SSSR count). The Morgan fingerprint density at radius 2 is 2.00 bits per heavy atom. The standard InChI is InChI=1S/C15H17N3O6S/c1-9(19)25-12-6-13(14(16)20)17(7-12)15(21)24-8-10-2-4-11(5-3-10)18(22)23/h2-5,12-13H,6-8H2,1H3,(H2,16,20)/t12-,13-/m1/s1. The number of likely N-dealkylation sites (tertiary alicyclic amines) is 1. The quantitative estimate of drug-likeness (QED) is 0.615. The molecule has 134 valence electrons. The van der Waals surface area contributed by atoms with Crippen molar-refractivity contribution in [3.63, 3.8) is 0 Å². The number of amides is 2. The first-order valence-corrected chi connectivity index (χ1v) is 8.29. The maximum Gasteiger partial charge on any atom is 0.410 e. The third kappa shape index (κ3) is 4.92. The number of primary amides is 1. The van der Waals surface area contributed by atoms with E-state index >= 15 is 0 Å². The molecule has 1 fully saturated rings. The topological polar surface area (TPSA) is 133 Å². The summed E-state index contributed by atoms with van der Waals surface area (Å²) < 4.78 is 5.16. The van der Waals surface area contributed by atoms with Gasteiger partial charge in [-0.05, 0) is 24.1 Å². The lowest BCUT2D eigenvalue weighted by Crippen LogP contribution is -2.43. The fourth-order valence-electron chi connectivity index (χ4n) is 2.53. The van der Waals surface area contributed by atoms with Gasteiger partial charge in [0, 0.05) is 30.9 Å². The van der Waals surface area contributed by atoms with Crippen LogP contribution in [-0.4, -0.2) is 44.8 Å². The molecule has 0 aliphatic carbocycles. The number of thioether (sulfide) groups is 1. The summed E-state index contributed by atoms with van der Waals surface area (Å²) in [5.74, 6) is -0.654. The number of carbonyl (C=O) groups is 3. The molecule has 9 nitrogen and oxygen atoms in total. The lowest BCUT2D eigenvalue weighted by molar-refractivity contribution is -0.384. The lowest BCUT2D eigenvalue weighted by Gasteiger charge is -2.21. The summed E-state index contributed by atoms with van der Waals surface area (Å²) in [5, 5.41) is 10.3. The van der Waals surface area contributed by atoms with Crippen LogP contribution in [0.4, 0.5) is 10.5 Å². The van der Waals surface area contributed by atoms with Crippen molar-refractivity contribution in [1.82, 2.24) is 4.90 Å². The van der Waals surface area contributed by atoms with Gasteiger partial charge in [0.25, 0.3) is 5.69 Å². The van der Waals surface area contributed by atoms with Crippen molar-refractivity contribution in [1.29, 1.82) is 0 Å². The van der Waals surface area contributed by atoms with Gasteiger partial charge < -0.3 is 10.5 Å². The van der Waals surface area contributed by atoms with Gasteiger partial charge in [-0.25, -0.2) is 4.79 Å². The van der Waals surface area contributed by atoms with Crippen molar-refractivity contribution in [2.24, 2.45) is 5.73 Å². The average Bonchev–Trinajstić information content (AvgIpc) is 2.96. The molecule has 10 heteroatoms. The van der Waals surface area contributed by atoms with Crippen LogP contribution >= 0.6 is 11.8 Å². The maximum atomic E-state index is 12.2. The summed E-state index contributed by atoms with van der Waals surface area (Å²) in [7, 11) is 0. The number of nitro groups is 1. The fourth-order valence-corrected chi connectivity index (χ4v) is 3.51. The molecule has 1 aliphatic rings. The van der Waals surface area contributed by atoms with Gasteiger partial charge in [-0.2, -0.15) is 0 Å². The summed E-state index contributed by atoms with van der Waals surface area (Å²) in [6.45, 7) is 1.51. The molecule has 0 unspecified atom stereocenters. The highest BCUT2D eigenvalue weighted by molar-refractivity contribution is 8.14. The molecule has 1 aliphatic heterocycles. The number of nitrogens with two attached hydrogens (primary N) is 1. The Kier molecular flexibility index (Phi) is 5.97. The van der Waals surface area contributed by atoms with Crippen LogP contribution in [0.5, 0.6) is 0 Å². The highest BCUT2D eigenvalue weighted by atomic mass is 32.2. The number of rotatable bonds is 5. The molecule has 1 aromatic carbocycles. The van der Waals surface area contributed by atoms with Crippen LogP contribution in [0, 0.1) is 10.1 Å². The van der Waals surface area contributed by atoms with Crippen molar-refractivity contribution < 1.29 is 24.0 Å². The molecule has 1 aromatic rings. The first kappa shape index (κ1) is 18.7. The Morgan fingerprint density at radius 1 is 1.36 bits per heavy atom. The Morgan fingerprint density at radius 3 is 2.52 bits per heavy atom. The smallest absolute Gasteiger partial charge is 0.410 e. The fraction of sp³-hybridized carbons (Fsp3) is 0.400. The monoisotopic (exact) mass is 367 g/mol. The summed E-state index contributed by atoms with van der Waals surface area (Å²) in [5.41, 5.74) is 5.83. The van der Waals surface area contributed by atoms with Gasteiger partial charge in [-0.15, -0.1) is 0 Å². The summed E-state index contributed by atoms with van der Waals surface area (Å²) >= 11 is 1.06. The molecular weight excluding hydrogens is 350 g/mol. The van der Waals surface area contributed by atoms with Gasteiger partial charge in [0.2, 0.25) is 5.91 Å². The molecule has 0 aromatic heterocycles. The van der Waals surface area contributed by atoms with Crippen LogP contribution in [0.25, 0.3) is 0 Å². The lowest BCUT2D eigenvalue weighted by atomic mass is 10.2. The third-order valence-electron chi connectivity index (χ3n) is 3.67. The number of ether oxygens (including phenoxy) is 1. The van der Waals surface area contributed by atoms with Crippen molar-refractivity contribution >= 4 is 34.6 Å². The molecule has 0 bridgehead atoms. The third-order valence-corrected chi connectivity index (χ3v) is 4.67. The minimum Gasteiger partial charge on any atom is -0.445 e. The van der Waals surface area contributed by atoms with Crippen LogP contribution in [0.1, 0.15) is 18.9 Å². The minimum absolute atomic E-state index is 0.0625. The Balaban J connectivity index is 1.97. The zero-order valence-electron chi connectivity index (χ0n) is 13.4. The molecule has 2 atom stereocenters. The average molecular weight is 367 g/mol. The van der Waals surface area contributed by atoms with Crippen molar-refractivity contribution in [3.8, 4) is 0 Å². The first-order valence-electron chi connectivity index (χ1n) is 7.41. The van der Waals surface area contributed by atoms with Crippen molar-refractivity contribution in [2.45, 2.75) is 31.2 Å². The van der Waals surface area contributed by atoms with Crippen molar-refractivity contribution in [2.75, 3.05) is 6.54 Å². The Bertz CT molecular complexity index is 693. The van der Waals surface area contributed by atoms with E-state index in [1.165, 1.54) is 36.1 Å². The molecular formula is C15H17N3O6S. The number of hydrogen-bond acceptors (Lipinski definition) is 7. The van der Waals surface area contributed by atoms with Gasteiger partial charge in [0.15, 0.2) is 5.12 Å². The summed E-state index contributed by atoms with van der Waals surface area (Å²) in [4.78, 5) is 46.3. The second-order valence-corrected chi connectivity index (χ2v) is 6.99. The van der Waals surface area contributed by atoms with Crippen LogP contribution in [0.2, 0.25) is 0 Å². The summed E-state index contributed by atoms with van der Waals surface area (Å²) in [6.07, 6.45) is -0.416. The van der Waals surface area contributed by atoms with Crippen LogP contribution in [-0.2, 0) is 20.9 Å². The van der Waals surface area contributed by atoms with Gasteiger partial charge in [-0.1, -0.05) is 11.8 Å². The number of hydrogen-bond donors (Lipinski definition) is 1. The second kappa shape index (κ2) is 7.97. The van der Waals surface area contributed by atoms with E-state index in [-0.39, 0.29) is 29.2 Å². The van der Waals surface area contributed by atoms with E-state index in [1.54, 1.807) is 0 Å². The van der Waals surface area contributed by atoms with Crippen LogP contribution in [0.3, 0.4) is 0 Å². The largest absolute Gasteiger partial charge is 0.445 e. The van der Waals surface area contributed by atoms with Gasteiger partial charge in [0.1, 0.15) is 12.6 Å². The molecule has 25 heavy (non-hydrogen) atoms. The van der Waals surface area contributed by atoms with Gasteiger partial charge in [0.05, 0.1) is 4.92 Å². The molecule has 2 amide bonds. The Labute approximate surface area is 147 Å². The van der Waals surface area contributed by atoms with Gasteiger partial charge in [-0.3, -0.25) is 24.6 Å². The summed E-state index contributed by atoms with van der Waals surface area (Å²) in [6, 6.07) is 4.77. The number of carbonyl (C=O) groups excluding carboxylic acids is 3. The number of benzene rings is 1. The highest BCUT2D eigenvalue weighted by Gasteiger charge is 2.40. The number of nitro benzene ring substituents is 1. The van der Waals surface area contributed by atoms with E-state index in [2.05, 4.69) is 0 Å². The van der Waals surface area contributed by atoms with Crippen LogP contribution < -0.4 is 5.73 Å². The van der Waals surface area contributed by atoms with Crippen molar-refractivity contribution in [3.05, 3.63) is 39.9 Å². The SMILES string of the molecule is CC(=O)S[C@@H]1C[C@H](C(N)=O)N(C(=O)OCc2ccc([N+](=O)[O-])cc2)C1. The van der Waals surface area contributed by atoms with E-state index in [0.717, 1.165) is 11.8 Å². The number of non-ortho nitro benzene ring substituents is 1. The molecule has 1 saturated heterocycles. The zero-order valence-corrected chi connectivity index (χ0v) is 14.2. The molecule has 1 heterocycles. The first-order chi connectivity index (χ1) is 11.8. The maximum absolute atomic E-state index is 12.2. The van der Waals surface area contributed by atoms with E-state index in [0.29, 0.717) is 12.0 Å². The predicted molar refractivity (Wildman–Crippen MR) is 89.6 cm³/mol. The van der Waals surface area contributed by atoms with Crippen LogP contribution in [0.15, 0.2) is 24.3 Å². The van der Waals surface area contributed by atoms with E-state index in [9.17, 15) is 24.5 Å². The van der Waals surface area contributed by atoms with E-state index < -0.39 is 23.0 Å². The normalized spacial score (nSPS) is 19.5. The predicted octanol–water partition coefficient (Wildman–Crippen LogP) is 1.44.